The van der Waals surface area contributed by atoms with Crippen LogP contribution in [-0.2, 0) is 15.8 Å². The van der Waals surface area contributed by atoms with Gasteiger partial charge < -0.3 is 4.74 Å². The average Bonchev–Trinajstić information content (AvgIpc) is 2.48. The molecule has 0 unspecified atom stereocenters. The van der Waals surface area contributed by atoms with Gasteiger partial charge in [0.15, 0.2) is 0 Å². The van der Waals surface area contributed by atoms with Crippen molar-refractivity contribution in [2.24, 2.45) is 0 Å². The fourth-order valence-corrected chi connectivity index (χ4v) is 4.34. The Bertz CT molecular complexity index is 805. The molecule has 0 N–H and O–H groups in total. The van der Waals surface area contributed by atoms with Crippen molar-refractivity contribution < 1.29 is 13.2 Å². The molecule has 2 aromatic rings. The largest absolute Gasteiger partial charge is 0.489 e. The minimum Gasteiger partial charge on any atom is -0.489 e. The highest BCUT2D eigenvalue weighted by Gasteiger charge is 2.29. The fourth-order valence-electron chi connectivity index (χ4n) is 2.50. The summed E-state index contributed by atoms with van der Waals surface area (Å²) in [5.74, 6) is 0.509. The maximum Gasteiger partial charge on any atom is 0.239 e. The first kappa shape index (κ1) is 15.2. The summed E-state index contributed by atoms with van der Waals surface area (Å²) in [6.45, 7) is 2.54. The summed E-state index contributed by atoms with van der Waals surface area (Å²) in [7, 11) is -3.49. The molecule has 0 aromatic heterocycles. The van der Waals surface area contributed by atoms with Crippen LogP contribution < -0.4 is 9.04 Å². The Labute approximate surface area is 135 Å². The van der Waals surface area contributed by atoms with E-state index >= 15 is 0 Å². The second kappa shape index (κ2) is 5.82. The third kappa shape index (κ3) is 2.91. The van der Waals surface area contributed by atoms with E-state index in [4.69, 9.17) is 16.3 Å². The number of anilines is 1. The highest BCUT2D eigenvalue weighted by Crippen LogP contribution is 2.36. The number of fused-ring (bicyclic) bond motifs is 1. The molecule has 0 aliphatic carbocycles. The standard InChI is InChI=1S/C16H16ClNO3S/c1-12-4-2-3-5-13(12)11-22(19,20)18-8-9-21-16-7-6-14(17)10-15(16)18/h2-7,10H,8-9,11H2,1H3. The molecule has 22 heavy (non-hydrogen) atoms. The van der Waals surface area contributed by atoms with Crippen LogP contribution in [0.5, 0.6) is 5.75 Å². The van der Waals surface area contributed by atoms with E-state index < -0.39 is 10.0 Å². The number of benzene rings is 2. The predicted molar refractivity (Wildman–Crippen MR) is 88.1 cm³/mol. The van der Waals surface area contributed by atoms with E-state index in [1.165, 1.54) is 4.31 Å². The fraction of sp³-hybridized carbons (Fsp3) is 0.250. The number of nitrogens with zero attached hydrogens (tertiary/aromatic N) is 1. The first-order valence-electron chi connectivity index (χ1n) is 6.95. The van der Waals surface area contributed by atoms with Crippen LogP contribution >= 0.6 is 11.6 Å². The van der Waals surface area contributed by atoms with Gasteiger partial charge in [-0.2, -0.15) is 0 Å². The van der Waals surface area contributed by atoms with E-state index in [2.05, 4.69) is 0 Å². The minimum atomic E-state index is -3.49. The summed E-state index contributed by atoms with van der Waals surface area (Å²) in [5.41, 5.74) is 2.27. The number of hydrogen-bond acceptors (Lipinski definition) is 3. The Morgan fingerprint density at radius 2 is 2.00 bits per heavy atom. The SMILES string of the molecule is Cc1ccccc1CS(=O)(=O)N1CCOc2ccc(Cl)cc21. The van der Waals surface area contributed by atoms with Crippen molar-refractivity contribution in [1.82, 2.24) is 0 Å². The predicted octanol–water partition coefficient (Wildman–Crippen LogP) is 3.38. The third-order valence-corrected chi connectivity index (χ3v) is 5.64. The van der Waals surface area contributed by atoms with Gasteiger partial charge in [0.2, 0.25) is 10.0 Å². The minimum absolute atomic E-state index is 0.0361. The van der Waals surface area contributed by atoms with Crippen LogP contribution in [0.4, 0.5) is 5.69 Å². The van der Waals surface area contributed by atoms with Gasteiger partial charge in [0.05, 0.1) is 18.0 Å². The molecule has 1 heterocycles. The van der Waals surface area contributed by atoms with E-state index in [0.717, 1.165) is 11.1 Å². The van der Waals surface area contributed by atoms with Gasteiger partial charge in [-0.25, -0.2) is 8.42 Å². The molecular weight excluding hydrogens is 322 g/mol. The molecular formula is C16H16ClNO3S. The monoisotopic (exact) mass is 337 g/mol. The van der Waals surface area contributed by atoms with E-state index in [9.17, 15) is 8.42 Å². The summed E-state index contributed by atoms with van der Waals surface area (Å²) < 4.78 is 32.5. The molecule has 0 bridgehead atoms. The van der Waals surface area contributed by atoms with Gasteiger partial charge in [0.1, 0.15) is 12.4 Å². The van der Waals surface area contributed by atoms with E-state index in [1.54, 1.807) is 18.2 Å². The van der Waals surface area contributed by atoms with Crippen LogP contribution in [0.2, 0.25) is 5.02 Å². The van der Waals surface area contributed by atoms with Gasteiger partial charge in [0, 0.05) is 5.02 Å². The summed E-state index contributed by atoms with van der Waals surface area (Å²) in [6.07, 6.45) is 0. The summed E-state index contributed by atoms with van der Waals surface area (Å²) in [6, 6.07) is 12.5. The summed E-state index contributed by atoms with van der Waals surface area (Å²) in [5, 5.41) is 0.486. The molecule has 0 saturated carbocycles. The molecule has 0 amide bonds. The van der Waals surface area contributed by atoms with E-state index in [0.29, 0.717) is 29.6 Å². The molecule has 116 valence electrons. The zero-order valence-electron chi connectivity index (χ0n) is 12.1. The third-order valence-electron chi connectivity index (χ3n) is 3.68. The van der Waals surface area contributed by atoms with Gasteiger partial charge in [-0.05, 0) is 36.2 Å². The van der Waals surface area contributed by atoms with Crippen LogP contribution in [0.15, 0.2) is 42.5 Å². The van der Waals surface area contributed by atoms with Crippen molar-refractivity contribution in [3.63, 3.8) is 0 Å². The maximum absolute atomic E-state index is 12.8. The van der Waals surface area contributed by atoms with Crippen molar-refractivity contribution in [2.45, 2.75) is 12.7 Å². The molecule has 1 aliphatic heterocycles. The Balaban J connectivity index is 1.98. The summed E-state index contributed by atoms with van der Waals surface area (Å²) in [4.78, 5) is 0. The number of rotatable bonds is 3. The second-order valence-corrected chi connectivity index (χ2v) is 7.55. The lowest BCUT2D eigenvalue weighted by Crippen LogP contribution is -2.38. The van der Waals surface area contributed by atoms with E-state index in [1.807, 2.05) is 31.2 Å². The lowest BCUT2D eigenvalue weighted by molar-refractivity contribution is 0.316. The lowest BCUT2D eigenvalue weighted by Gasteiger charge is -2.30. The zero-order chi connectivity index (χ0) is 15.7. The number of hydrogen-bond donors (Lipinski definition) is 0. The van der Waals surface area contributed by atoms with Gasteiger partial charge in [-0.1, -0.05) is 35.9 Å². The topological polar surface area (TPSA) is 46.6 Å². The first-order valence-corrected chi connectivity index (χ1v) is 8.93. The first-order chi connectivity index (χ1) is 10.5. The molecule has 0 fully saturated rings. The Morgan fingerprint density at radius 1 is 1.23 bits per heavy atom. The van der Waals surface area contributed by atoms with E-state index in [-0.39, 0.29) is 5.75 Å². The Hall–Kier alpha value is -1.72. The van der Waals surface area contributed by atoms with Crippen molar-refractivity contribution in [1.29, 1.82) is 0 Å². The van der Waals surface area contributed by atoms with Crippen LogP contribution in [0.25, 0.3) is 0 Å². The van der Waals surface area contributed by atoms with Gasteiger partial charge in [-0.15, -0.1) is 0 Å². The van der Waals surface area contributed by atoms with Crippen LogP contribution in [-0.4, -0.2) is 21.6 Å². The van der Waals surface area contributed by atoms with Crippen molar-refractivity contribution in [2.75, 3.05) is 17.5 Å². The average molecular weight is 338 g/mol. The molecule has 0 spiro atoms. The molecule has 0 atom stereocenters. The highest BCUT2D eigenvalue weighted by atomic mass is 35.5. The van der Waals surface area contributed by atoms with Crippen LogP contribution in [0, 0.1) is 6.92 Å². The van der Waals surface area contributed by atoms with Crippen molar-refractivity contribution >= 4 is 27.3 Å². The number of aryl methyl sites for hydroxylation is 1. The van der Waals surface area contributed by atoms with Crippen molar-refractivity contribution in [3.8, 4) is 5.75 Å². The zero-order valence-corrected chi connectivity index (χ0v) is 13.7. The van der Waals surface area contributed by atoms with Gasteiger partial charge in [-0.3, -0.25) is 4.31 Å². The quantitative estimate of drug-likeness (QED) is 0.862. The second-order valence-electron chi connectivity index (χ2n) is 5.22. The number of halogens is 1. The van der Waals surface area contributed by atoms with Crippen LogP contribution in [0.3, 0.4) is 0 Å². The van der Waals surface area contributed by atoms with Gasteiger partial charge >= 0.3 is 0 Å². The molecule has 4 nitrogen and oxygen atoms in total. The normalized spacial score (nSPS) is 14.4. The Morgan fingerprint density at radius 3 is 2.77 bits per heavy atom. The summed E-state index contributed by atoms with van der Waals surface area (Å²) >= 11 is 6.00. The molecule has 3 rings (SSSR count). The van der Waals surface area contributed by atoms with Crippen LogP contribution in [0.1, 0.15) is 11.1 Å². The molecule has 6 heteroatoms. The molecule has 0 saturated heterocycles. The number of ether oxygens (including phenoxy) is 1. The maximum atomic E-state index is 12.8. The molecule has 2 aromatic carbocycles. The molecule has 0 radical (unpaired) electrons. The smallest absolute Gasteiger partial charge is 0.239 e. The Kier molecular flexibility index (Phi) is 4.02. The molecule has 1 aliphatic rings. The van der Waals surface area contributed by atoms with Crippen molar-refractivity contribution in [3.05, 3.63) is 58.6 Å². The lowest BCUT2D eigenvalue weighted by atomic mass is 10.1. The number of sulfonamides is 1. The highest BCUT2D eigenvalue weighted by molar-refractivity contribution is 7.92. The van der Waals surface area contributed by atoms with Gasteiger partial charge in [0.25, 0.3) is 0 Å².